The molecule has 2 aromatic carbocycles. The number of hydrogen-bond acceptors (Lipinski definition) is 3. The van der Waals surface area contributed by atoms with Gasteiger partial charge in [0, 0.05) is 17.9 Å². The number of carbonyl (C=O) groups excluding carboxylic acids is 1. The van der Waals surface area contributed by atoms with Crippen molar-refractivity contribution < 1.29 is 13.2 Å². The zero-order valence-electron chi connectivity index (χ0n) is 17.7. The van der Waals surface area contributed by atoms with Crippen molar-refractivity contribution in [3.63, 3.8) is 0 Å². The summed E-state index contributed by atoms with van der Waals surface area (Å²) in [5.41, 5.74) is 6.21. The Labute approximate surface area is 178 Å². The first-order valence-electron chi connectivity index (χ1n) is 9.73. The lowest BCUT2D eigenvalue weighted by molar-refractivity contribution is 0.0951. The van der Waals surface area contributed by atoms with Gasteiger partial charge in [-0.3, -0.25) is 4.79 Å². The zero-order valence-corrected chi connectivity index (χ0v) is 18.5. The van der Waals surface area contributed by atoms with Crippen LogP contribution in [-0.2, 0) is 22.3 Å². The van der Waals surface area contributed by atoms with E-state index in [0.717, 1.165) is 28.2 Å². The van der Waals surface area contributed by atoms with Gasteiger partial charge in [-0.15, -0.1) is 0 Å². The molecule has 0 fully saturated rings. The summed E-state index contributed by atoms with van der Waals surface area (Å²) in [4.78, 5) is 13.0. The molecule has 1 heterocycles. The predicted octanol–water partition coefficient (Wildman–Crippen LogP) is 3.38. The molecular weight excluding hydrogens is 398 g/mol. The minimum atomic E-state index is -3.31. The number of hydrogen-bond donors (Lipinski definition) is 2. The Morgan fingerprint density at radius 3 is 2.10 bits per heavy atom. The fourth-order valence-electron chi connectivity index (χ4n) is 3.40. The van der Waals surface area contributed by atoms with Crippen LogP contribution in [0.3, 0.4) is 0 Å². The third kappa shape index (κ3) is 4.98. The van der Waals surface area contributed by atoms with E-state index in [2.05, 4.69) is 14.6 Å². The van der Waals surface area contributed by atoms with Gasteiger partial charge in [-0.25, -0.2) is 13.1 Å². The second kappa shape index (κ2) is 8.85. The molecule has 0 aliphatic heterocycles. The molecule has 30 heavy (non-hydrogen) atoms. The summed E-state index contributed by atoms with van der Waals surface area (Å²) in [6, 6.07) is 17.1. The average Bonchev–Trinajstić information content (AvgIpc) is 3.05. The lowest BCUT2D eigenvalue weighted by Gasteiger charge is -2.16. The number of benzene rings is 2. The maximum atomic E-state index is 13.0. The molecule has 158 valence electrons. The molecule has 0 aliphatic carbocycles. The van der Waals surface area contributed by atoms with Crippen LogP contribution in [0.2, 0.25) is 0 Å². The molecule has 7 heteroatoms. The van der Waals surface area contributed by atoms with E-state index in [0.29, 0.717) is 17.7 Å². The van der Waals surface area contributed by atoms with Gasteiger partial charge in [-0.2, -0.15) is 0 Å². The summed E-state index contributed by atoms with van der Waals surface area (Å²) >= 11 is 0. The molecule has 0 bridgehead atoms. The highest BCUT2D eigenvalue weighted by Gasteiger charge is 2.15. The Morgan fingerprint density at radius 2 is 1.50 bits per heavy atom. The molecule has 3 aromatic rings. The van der Waals surface area contributed by atoms with E-state index in [9.17, 15) is 13.2 Å². The van der Waals surface area contributed by atoms with Crippen molar-refractivity contribution >= 4 is 15.9 Å². The Kier molecular flexibility index (Phi) is 6.43. The SMILES string of the molecule is CNS(=O)(=O)Cc1ccc(CNC(=O)c2cc(C)ccc2-n2c(C)ccc2C)cc1. The molecule has 1 aromatic heterocycles. The first-order valence-corrected chi connectivity index (χ1v) is 11.4. The zero-order chi connectivity index (χ0) is 21.9. The molecule has 6 nitrogen and oxygen atoms in total. The van der Waals surface area contributed by atoms with Crippen LogP contribution in [0.1, 0.15) is 38.4 Å². The maximum absolute atomic E-state index is 13.0. The van der Waals surface area contributed by atoms with Gasteiger partial charge < -0.3 is 9.88 Å². The number of aryl methyl sites for hydroxylation is 3. The fraction of sp³-hybridized carbons (Fsp3) is 0.261. The summed E-state index contributed by atoms with van der Waals surface area (Å²) in [5.74, 6) is -0.221. The standard InChI is InChI=1S/C23H27N3O3S/c1-16-5-12-22(26-17(2)6-7-18(26)3)21(13-16)23(27)25-14-19-8-10-20(11-9-19)15-30(28,29)24-4/h5-13,24H,14-15H2,1-4H3,(H,25,27). The number of carbonyl (C=O) groups is 1. The number of nitrogens with one attached hydrogen (secondary N) is 2. The van der Waals surface area contributed by atoms with Crippen LogP contribution in [-0.4, -0.2) is 25.9 Å². The molecule has 0 atom stereocenters. The van der Waals surface area contributed by atoms with Gasteiger partial charge in [0.15, 0.2) is 0 Å². The molecule has 0 aliphatic rings. The first-order chi connectivity index (χ1) is 14.2. The van der Waals surface area contributed by atoms with Crippen molar-refractivity contribution in [2.75, 3.05) is 7.05 Å². The van der Waals surface area contributed by atoms with Gasteiger partial charge >= 0.3 is 0 Å². The number of nitrogens with zero attached hydrogens (tertiary/aromatic N) is 1. The van der Waals surface area contributed by atoms with Crippen molar-refractivity contribution in [1.82, 2.24) is 14.6 Å². The Bertz CT molecular complexity index is 1140. The molecule has 0 saturated carbocycles. The second-order valence-corrected chi connectivity index (χ2v) is 9.36. The Morgan fingerprint density at radius 1 is 0.900 bits per heavy atom. The highest BCUT2D eigenvalue weighted by molar-refractivity contribution is 7.88. The normalized spacial score (nSPS) is 11.5. The highest BCUT2D eigenvalue weighted by Crippen LogP contribution is 2.22. The van der Waals surface area contributed by atoms with Gasteiger partial charge in [0.1, 0.15) is 0 Å². The molecule has 0 spiro atoms. The minimum absolute atomic E-state index is 0.0711. The Balaban J connectivity index is 1.77. The quantitative estimate of drug-likeness (QED) is 0.609. The summed E-state index contributed by atoms with van der Waals surface area (Å²) in [7, 11) is -1.91. The van der Waals surface area contributed by atoms with Gasteiger partial charge in [0.25, 0.3) is 5.91 Å². The average molecular weight is 426 g/mol. The first kappa shape index (κ1) is 21.8. The van der Waals surface area contributed by atoms with E-state index in [1.807, 2.05) is 63.2 Å². The van der Waals surface area contributed by atoms with E-state index < -0.39 is 10.0 Å². The van der Waals surface area contributed by atoms with E-state index in [4.69, 9.17) is 0 Å². The highest BCUT2D eigenvalue weighted by atomic mass is 32.2. The predicted molar refractivity (Wildman–Crippen MR) is 119 cm³/mol. The van der Waals surface area contributed by atoms with Gasteiger partial charge in [-0.05, 0) is 63.2 Å². The molecule has 1 amide bonds. The summed E-state index contributed by atoms with van der Waals surface area (Å²) in [5, 5.41) is 2.98. The summed E-state index contributed by atoms with van der Waals surface area (Å²) < 4.78 is 27.7. The number of amides is 1. The lowest BCUT2D eigenvalue weighted by atomic mass is 10.1. The van der Waals surface area contributed by atoms with Gasteiger partial charge in [0.05, 0.1) is 17.0 Å². The van der Waals surface area contributed by atoms with Crippen LogP contribution >= 0.6 is 0 Å². The third-order valence-electron chi connectivity index (χ3n) is 5.05. The van der Waals surface area contributed by atoms with Crippen molar-refractivity contribution in [3.8, 4) is 5.69 Å². The largest absolute Gasteiger partial charge is 0.348 e. The smallest absolute Gasteiger partial charge is 0.253 e. The minimum Gasteiger partial charge on any atom is -0.348 e. The fourth-order valence-corrected chi connectivity index (χ4v) is 4.17. The van der Waals surface area contributed by atoms with E-state index in [-0.39, 0.29) is 11.7 Å². The van der Waals surface area contributed by atoms with Crippen LogP contribution in [0.5, 0.6) is 0 Å². The van der Waals surface area contributed by atoms with Crippen LogP contribution in [0, 0.1) is 20.8 Å². The number of rotatable bonds is 7. The second-order valence-electron chi connectivity index (χ2n) is 7.43. The summed E-state index contributed by atoms with van der Waals surface area (Å²) in [6.45, 7) is 6.36. The number of aromatic nitrogens is 1. The van der Waals surface area contributed by atoms with Crippen LogP contribution < -0.4 is 10.0 Å². The topological polar surface area (TPSA) is 80.2 Å². The molecule has 0 unspecified atom stereocenters. The lowest BCUT2D eigenvalue weighted by Crippen LogP contribution is -2.24. The van der Waals surface area contributed by atoms with E-state index in [1.54, 1.807) is 12.1 Å². The van der Waals surface area contributed by atoms with Crippen LogP contribution in [0.15, 0.2) is 54.6 Å². The maximum Gasteiger partial charge on any atom is 0.253 e. The van der Waals surface area contributed by atoms with Gasteiger partial charge in [-0.1, -0.05) is 35.9 Å². The van der Waals surface area contributed by atoms with Crippen molar-refractivity contribution in [2.24, 2.45) is 0 Å². The molecule has 2 N–H and O–H groups in total. The summed E-state index contributed by atoms with van der Waals surface area (Å²) in [6.07, 6.45) is 0. The molecular formula is C23H27N3O3S. The number of sulfonamides is 1. The Hall–Kier alpha value is -2.90. The molecule has 0 radical (unpaired) electrons. The van der Waals surface area contributed by atoms with E-state index >= 15 is 0 Å². The molecule has 0 saturated heterocycles. The third-order valence-corrected chi connectivity index (χ3v) is 6.39. The molecule has 3 rings (SSSR count). The van der Waals surface area contributed by atoms with Crippen molar-refractivity contribution in [3.05, 3.63) is 88.2 Å². The monoisotopic (exact) mass is 425 g/mol. The van der Waals surface area contributed by atoms with Crippen LogP contribution in [0.4, 0.5) is 0 Å². The van der Waals surface area contributed by atoms with Gasteiger partial charge in [0.2, 0.25) is 10.0 Å². The van der Waals surface area contributed by atoms with E-state index in [1.165, 1.54) is 7.05 Å². The van der Waals surface area contributed by atoms with Crippen molar-refractivity contribution in [1.29, 1.82) is 0 Å². The van der Waals surface area contributed by atoms with Crippen molar-refractivity contribution in [2.45, 2.75) is 33.1 Å². The van der Waals surface area contributed by atoms with Crippen LogP contribution in [0.25, 0.3) is 5.69 Å².